The molecule has 106 valence electrons. The van der Waals surface area contributed by atoms with Gasteiger partial charge in [0.1, 0.15) is 11.5 Å². The number of ether oxygens (including phenoxy) is 1. The summed E-state index contributed by atoms with van der Waals surface area (Å²) in [4.78, 5) is 0. The molecule has 2 aromatic carbocycles. The maximum atomic E-state index is 6.08. The third kappa shape index (κ3) is 3.61. The molecule has 0 amide bonds. The van der Waals surface area contributed by atoms with E-state index in [0.29, 0.717) is 0 Å². The van der Waals surface area contributed by atoms with Crippen LogP contribution in [0.3, 0.4) is 0 Å². The van der Waals surface area contributed by atoms with Gasteiger partial charge in [0, 0.05) is 6.04 Å². The highest BCUT2D eigenvalue weighted by molar-refractivity contribution is 5.43. The van der Waals surface area contributed by atoms with Gasteiger partial charge in [-0.15, -0.1) is 0 Å². The van der Waals surface area contributed by atoms with E-state index in [1.807, 2.05) is 13.0 Å². The fraction of sp³-hybridized carbons (Fsp3) is 0.333. The minimum atomic E-state index is 0.159. The highest BCUT2D eigenvalue weighted by atomic mass is 16.5. The van der Waals surface area contributed by atoms with Crippen LogP contribution < -0.4 is 10.5 Å². The Labute approximate surface area is 121 Å². The van der Waals surface area contributed by atoms with Gasteiger partial charge in [-0.1, -0.05) is 29.8 Å². The zero-order valence-corrected chi connectivity index (χ0v) is 12.7. The van der Waals surface area contributed by atoms with Crippen LogP contribution in [0.5, 0.6) is 11.5 Å². The molecule has 2 rings (SSSR count). The summed E-state index contributed by atoms with van der Waals surface area (Å²) in [7, 11) is 0. The first-order valence-electron chi connectivity index (χ1n) is 7.06. The molecule has 0 aliphatic rings. The van der Waals surface area contributed by atoms with Crippen molar-refractivity contribution in [2.75, 3.05) is 0 Å². The van der Waals surface area contributed by atoms with E-state index < -0.39 is 0 Å². The van der Waals surface area contributed by atoms with Gasteiger partial charge in [-0.3, -0.25) is 0 Å². The van der Waals surface area contributed by atoms with Gasteiger partial charge in [0.05, 0.1) is 0 Å². The van der Waals surface area contributed by atoms with E-state index in [4.69, 9.17) is 10.5 Å². The molecule has 0 radical (unpaired) electrons. The van der Waals surface area contributed by atoms with Crippen LogP contribution in [-0.2, 0) is 6.42 Å². The van der Waals surface area contributed by atoms with Gasteiger partial charge in [-0.05, 0) is 62.9 Å². The Kier molecular flexibility index (Phi) is 4.46. The van der Waals surface area contributed by atoms with E-state index in [9.17, 15) is 0 Å². The summed E-state index contributed by atoms with van der Waals surface area (Å²) < 4.78 is 6.08. The number of hydrogen-bond donors (Lipinski definition) is 1. The predicted octanol–water partition coefficient (Wildman–Crippen LogP) is 4.29. The third-order valence-electron chi connectivity index (χ3n) is 3.36. The lowest BCUT2D eigenvalue weighted by atomic mass is 10.1. The smallest absolute Gasteiger partial charge is 0.130 e. The van der Waals surface area contributed by atoms with E-state index >= 15 is 0 Å². The number of benzene rings is 2. The summed E-state index contributed by atoms with van der Waals surface area (Å²) in [6, 6.07) is 12.7. The molecule has 0 heterocycles. The third-order valence-corrected chi connectivity index (χ3v) is 3.36. The van der Waals surface area contributed by atoms with Crippen LogP contribution in [0.25, 0.3) is 0 Å². The number of rotatable bonds is 4. The molecule has 0 saturated heterocycles. The largest absolute Gasteiger partial charge is 0.457 e. The van der Waals surface area contributed by atoms with Crippen molar-refractivity contribution in [2.45, 2.75) is 40.2 Å². The molecule has 2 nitrogen and oxygen atoms in total. The van der Waals surface area contributed by atoms with Crippen LogP contribution in [0.15, 0.2) is 36.4 Å². The summed E-state index contributed by atoms with van der Waals surface area (Å²) in [6.45, 7) is 8.24. The maximum absolute atomic E-state index is 6.08. The second kappa shape index (κ2) is 6.10. The van der Waals surface area contributed by atoms with Gasteiger partial charge < -0.3 is 10.5 Å². The number of hydrogen-bond acceptors (Lipinski definition) is 2. The molecule has 1 unspecified atom stereocenters. The van der Waals surface area contributed by atoms with Gasteiger partial charge in [-0.25, -0.2) is 0 Å². The fourth-order valence-corrected chi connectivity index (χ4v) is 2.29. The van der Waals surface area contributed by atoms with Gasteiger partial charge >= 0.3 is 0 Å². The highest BCUT2D eigenvalue weighted by Crippen LogP contribution is 2.29. The Bertz CT molecular complexity index is 602. The zero-order valence-electron chi connectivity index (χ0n) is 12.7. The summed E-state index contributed by atoms with van der Waals surface area (Å²) in [5.74, 6) is 1.83. The summed E-state index contributed by atoms with van der Waals surface area (Å²) in [5, 5.41) is 0. The van der Waals surface area contributed by atoms with Crippen LogP contribution in [-0.4, -0.2) is 6.04 Å². The molecule has 0 spiro atoms. The average molecular weight is 269 g/mol. The molecule has 1 atom stereocenters. The van der Waals surface area contributed by atoms with Crippen LogP contribution >= 0.6 is 0 Å². The van der Waals surface area contributed by atoms with E-state index in [-0.39, 0.29) is 6.04 Å². The van der Waals surface area contributed by atoms with Crippen molar-refractivity contribution in [1.29, 1.82) is 0 Å². The molecule has 20 heavy (non-hydrogen) atoms. The van der Waals surface area contributed by atoms with Crippen molar-refractivity contribution in [1.82, 2.24) is 0 Å². The normalized spacial score (nSPS) is 12.2. The monoisotopic (exact) mass is 269 g/mol. The Balaban J connectivity index is 2.27. The molecule has 2 aromatic rings. The Hall–Kier alpha value is -1.80. The van der Waals surface area contributed by atoms with Crippen molar-refractivity contribution in [2.24, 2.45) is 5.73 Å². The lowest BCUT2D eigenvalue weighted by Gasteiger charge is -2.14. The first kappa shape index (κ1) is 14.6. The minimum absolute atomic E-state index is 0.159. The highest BCUT2D eigenvalue weighted by Gasteiger charge is 2.07. The van der Waals surface area contributed by atoms with Crippen molar-refractivity contribution >= 4 is 0 Å². The molecule has 0 aromatic heterocycles. The van der Waals surface area contributed by atoms with E-state index in [1.165, 1.54) is 11.1 Å². The molecule has 2 N–H and O–H groups in total. The standard InChI is InChI=1S/C18H23NO/c1-12-5-8-17(14(3)9-12)20-18-11-16(10-15(4)19)7-6-13(18)2/h5-9,11,15H,10,19H2,1-4H3. The van der Waals surface area contributed by atoms with Gasteiger partial charge in [0.25, 0.3) is 0 Å². The first-order valence-corrected chi connectivity index (χ1v) is 7.06. The maximum Gasteiger partial charge on any atom is 0.130 e. The average Bonchev–Trinajstić information content (AvgIpc) is 2.36. The molecule has 0 saturated carbocycles. The van der Waals surface area contributed by atoms with Crippen LogP contribution in [0.4, 0.5) is 0 Å². The van der Waals surface area contributed by atoms with E-state index in [0.717, 1.165) is 29.0 Å². The first-order chi connectivity index (χ1) is 9.45. The Morgan fingerprint density at radius 2 is 1.70 bits per heavy atom. The molecular formula is C18H23NO. The summed E-state index contributed by atoms with van der Waals surface area (Å²) >= 11 is 0. The lowest BCUT2D eigenvalue weighted by Crippen LogP contribution is -2.17. The topological polar surface area (TPSA) is 35.2 Å². The van der Waals surface area contributed by atoms with Crippen molar-refractivity contribution in [3.8, 4) is 11.5 Å². The molecule has 0 bridgehead atoms. The predicted molar refractivity (Wildman–Crippen MR) is 84.5 cm³/mol. The summed E-state index contributed by atoms with van der Waals surface area (Å²) in [5.41, 5.74) is 10.6. The zero-order chi connectivity index (χ0) is 14.7. The van der Waals surface area contributed by atoms with Gasteiger partial charge in [0.15, 0.2) is 0 Å². The van der Waals surface area contributed by atoms with Crippen LogP contribution in [0, 0.1) is 20.8 Å². The van der Waals surface area contributed by atoms with Crippen molar-refractivity contribution in [3.05, 3.63) is 58.7 Å². The van der Waals surface area contributed by atoms with E-state index in [1.54, 1.807) is 0 Å². The van der Waals surface area contributed by atoms with Crippen LogP contribution in [0.2, 0.25) is 0 Å². The minimum Gasteiger partial charge on any atom is -0.457 e. The SMILES string of the molecule is Cc1ccc(Oc2cc(CC(C)N)ccc2C)c(C)c1. The fourth-order valence-electron chi connectivity index (χ4n) is 2.29. The van der Waals surface area contributed by atoms with Gasteiger partial charge in [-0.2, -0.15) is 0 Å². The molecule has 0 aliphatic heterocycles. The lowest BCUT2D eigenvalue weighted by molar-refractivity contribution is 0.474. The van der Waals surface area contributed by atoms with Gasteiger partial charge in [0.2, 0.25) is 0 Å². The number of nitrogens with two attached hydrogens (primary N) is 1. The van der Waals surface area contributed by atoms with Crippen LogP contribution in [0.1, 0.15) is 29.2 Å². The summed E-state index contributed by atoms with van der Waals surface area (Å²) in [6.07, 6.45) is 0.865. The second-order valence-corrected chi connectivity index (χ2v) is 5.65. The molecule has 0 fully saturated rings. The van der Waals surface area contributed by atoms with Crippen molar-refractivity contribution in [3.63, 3.8) is 0 Å². The molecule has 2 heteroatoms. The Morgan fingerprint density at radius 3 is 2.35 bits per heavy atom. The second-order valence-electron chi connectivity index (χ2n) is 5.65. The quantitative estimate of drug-likeness (QED) is 0.898. The molecular weight excluding hydrogens is 246 g/mol. The van der Waals surface area contributed by atoms with Crippen molar-refractivity contribution < 1.29 is 4.74 Å². The van der Waals surface area contributed by atoms with E-state index in [2.05, 4.69) is 51.1 Å². The molecule has 0 aliphatic carbocycles. The number of aryl methyl sites for hydroxylation is 3. The Morgan fingerprint density at radius 1 is 0.950 bits per heavy atom.